The van der Waals surface area contributed by atoms with Crippen molar-refractivity contribution in [2.24, 2.45) is 5.73 Å². The molecule has 0 spiro atoms. The first-order valence-electron chi connectivity index (χ1n) is 6.12. The number of aromatic nitrogens is 1. The van der Waals surface area contributed by atoms with Crippen molar-refractivity contribution in [3.8, 4) is 0 Å². The molecule has 0 aliphatic rings. The molecule has 3 N–H and O–H groups in total. The lowest BCUT2D eigenvalue weighted by molar-refractivity contribution is 0.569. The fraction of sp³-hybridized carbons (Fsp3) is 0.667. The molecule has 0 radical (unpaired) electrons. The van der Waals surface area contributed by atoms with Crippen molar-refractivity contribution in [3.05, 3.63) is 15.6 Å². The molecule has 7 heteroatoms. The predicted octanol–water partition coefficient (Wildman–Crippen LogP) is 2.05. The van der Waals surface area contributed by atoms with Crippen molar-refractivity contribution < 1.29 is 8.42 Å². The van der Waals surface area contributed by atoms with Gasteiger partial charge in [-0.3, -0.25) is 5.41 Å². The number of nitrogens with two attached hydrogens (primary N) is 1. The van der Waals surface area contributed by atoms with Crippen molar-refractivity contribution in [2.75, 3.05) is 5.75 Å². The molecule has 0 bridgehead atoms. The lowest BCUT2D eigenvalue weighted by Crippen LogP contribution is -2.20. The molecular formula is C12H21N3O2S2. The lowest BCUT2D eigenvalue weighted by atomic mass is 9.91. The average molecular weight is 303 g/mol. The number of amidine groups is 1. The molecule has 1 aromatic heterocycles. The van der Waals surface area contributed by atoms with Gasteiger partial charge in [0.25, 0.3) is 0 Å². The minimum absolute atomic E-state index is 0.0541. The maximum absolute atomic E-state index is 11.8. The summed E-state index contributed by atoms with van der Waals surface area (Å²) in [5.74, 6) is 0.0379. The van der Waals surface area contributed by atoms with Gasteiger partial charge in [0, 0.05) is 5.41 Å². The Labute approximate surface area is 118 Å². The Hall–Kier alpha value is -0.950. The molecule has 0 aromatic carbocycles. The number of hydrogen-bond acceptors (Lipinski definition) is 5. The van der Waals surface area contributed by atoms with Gasteiger partial charge in [0.15, 0.2) is 9.84 Å². The molecule has 0 unspecified atom stereocenters. The van der Waals surface area contributed by atoms with E-state index < -0.39 is 9.84 Å². The van der Waals surface area contributed by atoms with E-state index in [4.69, 9.17) is 11.1 Å². The molecule has 0 aliphatic heterocycles. The van der Waals surface area contributed by atoms with Gasteiger partial charge in [0.2, 0.25) is 0 Å². The number of nitrogen functional groups attached to an aromatic ring is 1. The minimum atomic E-state index is -3.12. The highest BCUT2D eigenvalue weighted by atomic mass is 32.2. The van der Waals surface area contributed by atoms with Crippen LogP contribution in [0.15, 0.2) is 0 Å². The second-order valence-electron chi connectivity index (χ2n) is 5.54. The number of hydrogen-bond donors (Lipinski definition) is 2. The van der Waals surface area contributed by atoms with Crippen molar-refractivity contribution >= 4 is 27.0 Å². The molecule has 0 fully saturated rings. The molecule has 1 aromatic rings. The van der Waals surface area contributed by atoms with E-state index in [1.165, 1.54) is 11.3 Å². The van der Waals surface area contributed by atoms with E-state index in [1.807, 2.05) is 27.7 Å². The number of thiazole rings is 1. The molecule has 0 saturated carbocycles. The van der Waals surface area contributed by atoms with E-state index in [1.54, 1.807) is 0 Å². The third-order valence-electron chi connectivity index (χ3n) is 2.49. The van der Waals surface area contributed by atoms with Crippen LogP contribution in [0.4, 0.5) is 0 Å². The van der Waals surface area contributed by atoms with Crippen LogP contribution in [0.5, 0.6) is 0 Å². The molecule has 0 saturated heterocycles. The SMILES string of the molecule is CCCS(=O)(=O)Cc1nc(C(C)(C)C)c(C(=N)N)s1. The monoisotopic (exact) mass is 303 g/mol. The van der Waals surface area contributed by atoms with Gasteiger partial charge >= 0.3 is 0 Å². The Balaban J connectivity index is 3.16. The fourth-order valence-electron chi connectivity index (χ4n) is 1.69. The summed E-state index contributed by atoms with van der Waals surface area (Å²) in [6.45, 7) is 7.75. The van der Waals surface area contributed by atoms with E-state index in [-0.39, 0.29) is 22.8 Å². The van der Waals surface area contributed by atoms with Crippen LogP contribution in [-0.4, -0.2) is 25.0 Å². The first-order valence-corrected chi connectivity index (χ1v) is 8.75. The van der Waals surface area contributed by atoms with Crippen LogP contribution >= 0.6 is 11.3 Å². The van der Waals surface area contributed by atoms with Gasteiger partial charge in [-0.15, -0.1) is 11.3 Å². The summed E-state index contributed by atoms with van der Waals surface area (Å²) < 4.78 is 23.6. The Kier molecular flexibility index (Phi) is 4.73. The highest BCUT2D eigenvalue weighted by Crippen LogP contribution is 2.30. The van der Waals surface area contributed by atoms with Crippen molar-refractivity contribution in [3.63, 3.8) is 0 Å². The normalized spacial score (nSPS) is 12.6. The molecule has 1 rings (SSSR count). The van der Waals surface area contributed by atoms with Gasteiger partial charge < -0.3 is 5.73 Å². The summed E-state index contributed by atoms with van der Waals surface area (Å²) in [4.78, 5) is 4.97. The Morgan fingerprint density at radius 2 is 2.00 bits per heavy atom. The second-order valence-corrected chi connectivity index (χ2v) is 8.81. The van der Waals surface area contributed by atoms with Crippen LogP contribution in [0.25, 0.3) is 0 Å². The van der Waals surface area contributed by atoms with Crippen molar-refractivity contribution in [1.29, 1.82) is 5.41 Å². The topological polar surface area (TPSA) is 96.9 Å². The van der Waals surface area contributed by atoms with Crippen LogP contribution in [-0.2, 0) is 21.0 Å². The zero-order valence-corrected chi connectivity index (χ0v) is 13.4. The molecule has 5 nitrogen and oxygen atoms in total. The summed E-state index contributed by atoms with van der Waals surface area (Å²) >= 11 is 1.21. The maximum Gasteiger partial charge on any atom is 0.156 e. The highest BCUT2D eigenvalue weighted by molar-refractivity contribution is 7.90. The smallest absolute Gasteiger partial charge is 0.156 e. The number of nitrogens with one attached hydrogen (secondary N) is 1. The first kappa shape index (κ1) is 16.1. The zero-order valence-electron chi connectivity index (χ0n) is 11.8. The van der Waals surface area contributed by atoms with Gasteiger partial charge in [-0.2, -0.15) is 0 Å². The number of rotatable bonds is 5. The summed E-state index contributed by atoms with van der Waals surface area (Å²) in [5.41, 5.74) is 5.99. The summed E-state index contributed by atoms with van der Waals surface area (Å²) in [6, 6.07) is 0. The maximum atomic E-state index is 11.8. The predicted molar refractivity (Wildman–Crippen MR) is 79.6 cm³/mol. The Bertz CT molecular complexity index is 568. The number of sulfone groups is 1. The van der Waals surface area contributed by atoms with Gasteiger partial charge in [-0.25, -0.2) is 13.4 Å². The molecule has 0 amide bonds. The minimum Gasteiger partial charge on any atom is -0.383 e. The average Bonchev–Trinajstić information content (AvgIpc) is 2.59. The standard InChI is InChI=1S/C12H21N3O2S2/c1-5-6-19(16,17)7-8-15-10(12(2,3)4)9(18-8)11(13)14/h5-7H2,1-4H3,(H3,13,14). The quantitative estimate of drug-likeness (QED) is 0.642. The first-order chi connectivity index (χ1) is 8.57. The zero-order chi connectivity index (χ0) is 14.8. The van der Waals surface area contributed by atoms with E-state index in [2.05, 4.69) is 4.98 Å². The van der Waals surface area contributed by atoms with Crippen molar-refractivity contribution in [2.45, 2.75) is 45.3 Å². The summed E-state index contributed by atoms with van der Waals surface area (Å²) in [7, 11) is -3.12. The molecule has 1 heterocycles. The molecule has 0 atom stereocenters. The van der Waals surface area contributed by atoms with Crippen molar-refractivity contribution in [1.82, 2.24) is 4.98 Å². The van der Waals surface area contributed by atoms with Crippen LogP contribution in [0.3, 0.4) is 0 Å². The second kappa shape index (κ2) is 5.58. The summed E-state index contributed by atoms with van der Waals surface area (Å²) in [6.07, 6.45) is 0.597. The van der Waals surface area contributed by atoms with E-state index >= 15 is 0 Å². The van der Waals surface area contributed by atoms with Gasteiger partial charge in [-0.1, -0.05) is 27.7 Å². The van der Waals surface area contributed by atoms with Gasteiger partial charge in [0.1, 0.15) is 16.6 Å². The Morgan fingerprint density at radius 1 is 1.42 bits per heavy atom. The number of nitrogens with zero attached hydrogens (tertiary/aromatic N) is 1. The van der Waals surface area contributed by atoms with E-state index in [9.17, 15) is 8.42 Å². The van der Waals surface area contributed by atoms with Gasteiger partial charge in [0.05, 0.1) is 16.3 Å². The van der Waals surface area contributed by atoms with Crippen LogP contribution in [0, 0.1) is 5.41 Å². The molecular weight excluding hydrogens is 282 g/mol. The van der Waals surface area contributed by atoms with E-state index in [0.29, 0.717) is 22.0 Å². The summed E-state index contributed by atoms with van der Waals surface area (Å²) in [5, 5.41) is 8.10. The Morgan fingerprint density at radius 3 is 2.37 bits per heavy atom. The largest absolute Gasteiger partial charge is 0.383 e. The highest BCUT2D eigenvalue weighted by Gasteiger charge is 2.26. The molecule has 108 valence electrons. The van der Waals surface area contributed by atoms with Crippen LogP contribution in [0.2, 0.25) is 0 Å². The third kappa shape index (κ3) is 4.28. The fourth-order valence-corrected chi connectivity index (χ4v) is 4.60. The van der Waals surface area contributed by atoms with Crippen LogP contribution < -0.4 is 5.73 Å². The third-order valence-corrected chi connectivity index (χ3v) is 5.50. The van der Waals surface area contributed by atoms with E-state index in [0.717, 1.165) is 0 Å². The lowest BCUT2D eigenvalue weighted by Gasteiger charge is -2.16. The molecule has 19 heavy (non-hydrogen) atoms. The van der Waals surface area contributed by atoms with Crippen LogP contribution in [0.1, 0.15) is 49.7 Å². The molecule has 0 aliphatic carbocycles. The van der Waals surface area contributed by atoms with Gasteiger partial charge in [-0.05, 0) is 6.42 Å².